The van der Waals surface area contributed by atoms with E-state index in [0.717, 1.165) is 70.5 Å². The second-order valence-corrected chi connectivity index (χ2v) is 11.5. The number of allylic oxidation sites excluding steroid dienone is 2. The fourth-order valence-corrected chi connectivity index (χ4v) is 6.85. The van der Waals surface area contributed by atoms with E-state index in [9.17, 15) is 4.39 Å². The molecule has 0 unspecified atom stereocenters. The van der Waals surface area contributed by atoms with Gasteiger partial charge in [-0.05, 0) is 86.3 Å². The van der Waals surface area contributed by atoms with E-state index >= 15 is 0 Å². The maximum Gasteiger partial charge on any atom is 0.186 e. The number of nitrogens with zero attached hydrogens (tertiary/aromatic N) is 4. The Morgan fingerprint density at radius 2 is 1.94 bits per heavy atom. The molecule has 1 saturated heterocycles. The van der Waals surface area contributed by atoms with E-state index in [0.29, 0.717) is 11.4 Å². The molecule has 1 saturated carbocycles. The number of hydrogen-bond acceptors (Lipinski definition) is 6. The Morgan fingerprint density at radius 3 is 2.69 bits per heavy atom. The zero-order valence-corrected chi connectivity index (χ0v) is 20.8. The molecule has 0 N–H and O–H groups in total. The van der Waals surface area contributed by atoms with Crippen LogP contribution in [0, 0.1) is 25.1 Å². The highest BCUT2D eigenvalue weighted by atomic mass is 32.1. The Bertz CT molecular complexity index is 1490. The molecule has 1 aromatic carbocycles. The first-order valence-electron chi connectivity index (χ1n) is 12.4. The zero-order chi connectivity index (χ0) is 23.7. The summed E-state index contributed by atoms with van der Waals surface area (Å²) in [6.45, 7) is 5.89. The summed E-state index contributed by atoms with van der Waals surface area (Å²) in [5, 5.41) is 5.44. The molecule has 2 aliphatic carbocycles. The van der Waals surface area contributed by atoms with E-state index < -0.39 is 0 Å². The number of aryl methyl sites for hydroxylation is 2. The van der Waals surface area contributed by atoms with Crippen molar-refractivity contribution in [2.75, 3.05) is 18.0 Å². The molecule has 2 fully saturated rings. The van der Waals surface area contributed by atoms with Crippen LogP contribution >= 0.6 is 11.3 Å². The van der Waals surface area contributed by atoms with E-state index in [2.05, 4.69) is 39.1 Å². The standard InChI is InChI=1S/C28H27FN4OS/c1-16-12-20(29)24-21(13-16)35-27(31-24)33-10-7-28(8-11-33)14-19(15-28)22-25(23-17(2)4-3-9-30-23)32-34-26(22)18-5-6-18/h3-4,9,12-14,18H,5-8,10-11,15H2,1-2H3. The van der Waals surface area contributed by atoms with Crippen molar-refractivity contribution in [3.05, 3.63) is 64.8 Å². The van der Waals surface area contributed by atoms with Gasteiger partial charge in [-0.2, -0.15) is 0 Å². The molecule has 35 heavy (non-hydrogen) atoms. The lowest BCUT2D eigenvalue weighted by molar-refractivity contribution is 0.277. The fraction of sp³-hybridized carbons (Fsp3) is 0.393. The predicted octanol–water partition coefficient (Wildman–Crippen LogP) is 7.05. The summed E-state index contributed by atoms with van der Waals surface area (Å²) in [5.74, 6) is 1.33. The molecule has 0 radical (unpaired) electrons. The quantitative estimate of drug-likeness (QED) is 0.309. The van der Waals surface area contributed by atoms with Crippen LogP contribution < -0.4 is 4.90 Å². The highest BCUT2D eigenvalue weighted by molar-refractivity contribution is 7.22. The van der Waals surface area contributed by atoms with Gasteiger partial charge in [0.2, 0.25) is 0 Å². The van der Waals surface area contributed by atoms with Gasteiger partial charge in [0.1, 0.15) is 17.0 Å². The lowest BCUT2D eigenvalue weighted by atomic mass is 9.63. The minimum absolute atomic E-state index is 0.221. The summed E-state index contributed by atoms with van der Waals surface area (Å²) in [7, 11) is 0. The Kier molecular flexibility index (Phi) is 4.68. The van der Waals surface area contributed by atoms with Crippen LogP contribution in [0.3, 0.4) is 0 Å². The van der Waals surface area contributed by atoms with Gasteiger partial charge in [-0.15, -0.1) is 0 Å². The van der Waals surface area contributed by atoms with Crippen LogP contribution in [-0.2, 0) is 0 Å². The average molecular weight is 487 g/mol. The van der Waals surface area contributed by atoms with Crippen molar-refractivity contribution in [1.82, 2.24) is 15.1 Å². The lowest BCUT2D eigenvalue weighted by Gasteiger charge is -2.46. The average Bonchev–Trinajstić information content (AvgIpc) is 3.43. The molecule has 5 nitrogen and oxygen atoms in total. The molecule has 178 valence electrons. The normalized spacial score (nSPS) is 19.3. The van der Waals surface area contributed by atoms with Gasteiger partial charge in [0, 0.05) is 25.2 Å². The van der Waals surface area contributed by atoms with Crippen molar-refractivity contribution in [3.63, 3.8) is 0 Å². The number of halogens is 1. The van der Waals surface area contributed by atoms with Crippen LogP contribution in [0.25, 0.3) is 27.2 Å². The summed E-state index contributed by atoms with van der Waals surface area (Å²) < 4.78 is 21.2. The topological polar surface area (TPSA) is 55.1 Å². The molecule has 7 heteroatoms. The van der Waals surface area contributed by atoms with Gasteiger partial charge in [-0.3, -0.25) is 4.98 Å². The van der Waals surface area contributed by atoms with Gasteiger partial charge in [0.15, 0.2) is 10.9 Å². The van der Waals surface area contributed by atoms with Crippen molar-refractivity contribution < 1.29 is 8.91 Å². The van der Waals surface area contributed by atoms with Gasteiger partial charge in [0.25, 0.3) is 0 Å². The molecular formula is C28H27FN4OS. The van der Waals surface area contributed by atoms with Crippen molar-refractivity contribution in [3.8, 4) is 11.4 Å². The van der Waals surface area contributed by atoms with Crippen molar-refractivity contribution >= 4 is 32.3 Å². The number of hydrogen-bond donors (Lipinski definition) is 0. The monoisotopic (exact) mass is 486 g/mol. The van der Waals surface area contributed by atoms with E-state index in [-0.39, 0.29) is 11.2 Å². The second-order valence-electron chi connectivity index (χ2n) is 10.5. The van der Waals surface area contributed by atoms with Crippen LogP contribution in [0.4, 0.5) is 9.52 Å². The van der Waals surface area contributed by atoms with E-state index in [1.165, 1.54) is 24.0 Å². The Hall–Kier alpha value is -3.06. The third-order valence-electron chi connectivity index (χ3n) is 7.86. The molecule has 4 aromatic rings. The molecule has 4 heterocycles. The summed E-state index contributed by atoms with van der Waals surface area (Å²) in [6, 6.07) is 7.65. The Balaban J connectivity index is 1.15. The number of aromatic nitrogens is 3. The highest BCUT2D eigenvalue weighted by Gasteiger charge is 2.44. The zero-order valence-electron chi connectivity index (χ0n) is 20.0. The van der Waals surface area contributed by atoms with Gasteiger partial charge < -0.3 is 9.42 Å². The minimum Gasteiger partial charge on any atom is -0.360 e. The summed E-state index contributed by atoms with van der Waals surface area (Å²) in [5.41, 5.74) is 7.16. The highest BCUT2D eigenvalue weighted by Crippen LogP contribution is 2.55. The third kappa shape index (κ3) is 3.51. The first kappa shape index (κ1) is 21.2. The number of benzene rings is 1. The number of anilines is 1. The SMILES string of the molecule is Cc1cc(F)c2nc(N3CCC4(C=C(c5c(-c6ncccc6C)noc5C5CC5)C4)CC3)sc2c1. The van der Waals surface area contributed by atoms with Gasteiger partial charge in [-0.25, -0.2) is 9.37 Å². The summed E-state index contributed by atoms with van der Waals surface area (Å²) >= 11 is 1.60. The van der Waals surface area contributed by atoms with Gasteiger partial charge >= 0.3 is 0 Å². The van der Waals surface area contributed by atoms with Gasteiger partial charge in [-0.1, -0.05) is 28.6 Å². The fourth-order valence-electron chi connectivity index (χ4n) is 5.72. The van der Waals surface area contributed by atoms with Crippen LogP contribution in [-0.4, -0.2) is 28.2 Å². The summed E-state index contributed by atoms with van der Waals surface area (Å²) in [4.78, 5) is 11.6. The molecular weight excluding hydrogens is 459 g/mol. The van der Waals surface area contributed by atoms with E-state index in [4.69, 9.17) is 4.52 Å². The van der Waals surface area contributed by atoms with E-state index in [1.807, 2.05) is 25.3 Å². The molecule has 0 bridgehead atoms. The molecule has 1 spiro atoms. The largest absolute Gasteiger partial charge is 0.360 e. The lowest BCUT2D eigenvalue weighted by Crippen LogP contribution is -2.42. The number of rotatable bonds is 4. The number of piperidine rings is 1. The molecule has 1 aliphatic heterocycles. The van der Waals surface area contributed by atoms with Crippen molar-refractivity contribution in [2.45, 2.75) is 51.9 Å². The number of pyridine rings is 1. The van der Waals surface area contributed by atoms with Gasteiger partial charge in [0.05, 0.1) is 16.0 Å². The molecule has 3 aromatic heterocycles. The van der Waals surface area contributed by atoms with Crippen LogP contribution in [0.2, 0.25) is 0 Å². The molecule has 0 amide bonds. The van der Waals surface area contributed by atoms with Crippen LogP contribution in [0.1, 0.15) is 60.5 Å². The summed E-state index contributed by atoms with van der Waals surface area (Å²) in [6.07, 6.45) is 9.88. The second kappa shape index (κ2) is 7.72. The molecule has 3 aliphatic rings. The maximum absolute atomic E-state index is 14.4. The predicted molar refractivity (Wildman–Crippen MR) is 137 cm³/mol. The number of fused-ring (bicyclic) bond motifs is 1. The minimum atomic E-state index is -0.221. The Morgan fingerprint density at radius 1 is 1.14 bits per heavy atom. The van der Waals surface area contributed by atoms with Crippen LogP contribution in [0.15, 0.2) is 41.1 Å². The smallest absolute Gasteiger partial charge is 0.186 e. The number of thiazole rings is 1. The Labute approximate surface area is 207 Å². The van der Waals surface area contributed by atoms with Crippen molar-refractivity contribution in [1.29, 1.82) is 0 Å². The molecule has 7 rings (SSSR count). The van der Waals surface area contributed by atoms with Crippen LogP contribution in [0.5, 0.6) is 0 Å². The van der Waals surface area contributed by atoms with Crippen molar-refractivity contribution in [2.24, 2.45) is 5.41 Å². The first-order chi connectivity index (χ1) is 17.0. The third-order valence-corrected chi connectivity index (χ3v) is 8.92. The first-order valence-corrected chi connectivity index (χ1v) is 13.3. The molecule has 0 atom stereocenters. The van der Waals surface area contributed by atoms with E-state index in [1.54, 1.807) is 17.4 Å². The maximum atomic E-state index is 14.4.